The van der Waals surface area contributed by atoms with Gasteiger partial charge in [-0.3, -0.25) is 4.79 Å². The molecule has 0 fully saturated rings. The van der Waals surface area contributed by atoms with Gasteiger partial charge in [-0.1, -0.05) is 71.4 Å². The van der Waals surface area contributed by atoms with Crippen LogP contribution in [0.25, 0.3) is 22.5 Å². The number of benzene rings is 2. The monoisotopic (exact) mass is 432 g/mol. The molecule has 9 heteroatoms. The molecule has 0 bridgehead atoms. The highest BCUT2D eigenvalue weighted by Gasteiger charge is 2.27. The molecule has 0 saturated carbocycles. The van der Waals surface area contributed by atoms with E-state index in [1.807, 2.05) is 67.7 Å². The van der Waals surface area contributed by atoms with Crippen molar-refractivity contribution >= 4 is 17.7 Å². The van der Waals surface area contributed by atoms with Gasteiger partial charge in [0.05, 0.1) is 5.75 Å². The lowest BCUT2D eigenvalue weighted by atomic mass is 10.0. The smallest absolute Gasteiger partial charge is 0.346 e. The highest BCUT2D eigenvalue weighted by molar-refractivity contribution is 7.99. The summed E-state index contributed by atoms with van der Waals surface area (Å²) in [6.07, 6.45) is -4.45. The fraction of sp³-hybridized carbons (Fsp3) is 0.238. The Morgan fingerprint density at radius 2 is 1.43 bits per heavy atom. The van der Waals surface area contributed by atoms with E-state index in [4.69, 9.17) is 0 Å². The van der Waals surface area contributed by atoms with Crippen LogP contribution in [0.3, 0.4) is 0 Å². The lowest BCUT2D eigenvalue weighted by Gasteiger charge is -2.10. The minimum atomic E-state index is -4.45. The number of carbonyl (C=O) groups excluding carboxylic acids is 1. The summed E-state index contributed by atoms with van der Waals surface area (Å²) in [7, 11) is 0. The number of aryl methyl sites for hydroxylation is 2. The molecule has 0 atom stereocenters. The number of nitrogens with one attached hydrogen (secondary N) is 1. The number of aromatic nitrogens is 3. The van der Waals surface area contributed by atoms with E-state index in [-0.39, 0.29) is 10.9 Å². The standard InChI is InChI=1S/C21H19F3N4OS/c1-13-3-7-15(8-4-13)18-19(16-9-5-14(2)6-10-16)27-28-20(26-18)30-11-17(29)25-12-21(22,23)24/h3-10H,11-12H2,1-2H3,(H,25,29). The van der Waals surface area contributed by atoms with Gasteiger partial charge in [0.2, 0.25) is 11.1 Å². The second-order valence-corrected chi connectivity index (χ2v) is 7.65. The van der Waals surface area contributed by atoms with Crippen molar-refractivity contribution in [2.75, 3.05) is 12.3 Å². The molecule has 5 nitrogen and oxygen atoms in total. The van der Waals surface area contributed by atoms with Gasteiger partial charge in [0.15, 0.2) is 0 Å². The first-order valence-electron chi connectivity index (χ1n) is 9.06. The summed E-state index contributed by atoms with van der Waals surface area (Å²) in [4.78, 5) is 16.2. The molecule has 3 rings (SSSR count). The van der Waals surface area contributed by atoms with E-state index in [2.05, 4.69) is 15.2 Å². The van der Waals surface area contributed by atoms with Crippen LogP contribution in [0.4, 0.5) is 13.2 Å². The zero-order chi connectivity index (χ0) is 21.7. The maximum absolute atomic E-state index is 12.2. The average Bonchev–Trinajstić information content (AvgIpc) is 2.71. The molecule has 0 saturated heterocycles. The molecule has 1 N–H and O–H groups in total. The molecule has 3 aromatic rings. The van der Waals surface area contributed by atoms with E-state index in [9.17, 15) is 18.0 Å². The van der Waals surface area contributed by atoms with Gasteiger partial charge in [-0.15, -0.1) is 10.2 Å². The van der Waals surface area contributed by atoms with Gasteiger partial charge in [-0.2, -0.15) is 13.2 Å². The Bertz CT molecular complexity index is 1020. The molecule has 0 aliphatic rings. The lowest BCUT2D eigenvalue weighted by molar-refractivity contribution is -0.136. The number of carbonyl (C=O) groups is 1. The van der Waals surface area contributed by atoms with Gasteiger partial charge >= 0.3 is 6.18 Å². The normalized spacial score (nSPS) is 11.4. The average molecular weight is 432 g/mol. The van der Waals surface area contributed by atoms with Crippen LogP contribution in [0, 0.1) is 13.8 Å². The SMILES string of the molecule is Cc1ccc(-c2nnc(SCC(=O)NCC(F)(F)F)nc2-c2ccc(C)cc2)cc1. The molecule has 1 aromatic heterocycles. The number of amides is 1. The number of nitrogens with zero attached hydrogens (tertiary/aromatic N) is 3. The highest BCUT2D eigenvalue weighted by atomic mass is 32.2. The summed E-state index contributed by atoms with van der Waals surface area (Å²) in [6, 6.07) is 15.5. The molecule has 2 aromatic carbocycles. The number of thioether (sulfide) groups is 1. The molecule has 1 heterocycles. The van der Waals surface area contributed by atoms with E-state index in [1.165, 1.54) is 0 Å². The number of hydrogen-bond acceptors (Lipinski definition) is 5. The largest absolute Gasteiger partial charge is 0.405 e. The number of rotatable bonds is 6. The predicted molar refractivity (Wildman–Crippen MR) is 110 cm³/mol. The van der Waals surface area contributed by atoms with Crippen LogP contribution in [0.2, 0.25) is 0 Å². The summed E-state index contributed by atoms with van der Waals surface area (Å²) < 4.78 is 36.7. The Balaban J connectivity index is 1.86. The van der Waals surface area contributed by atoms with Crippen LogP contribution < -0.4 is 5.32 Å². The maximum atomic E-state index is 12.2. The van der Waals surface area contributed by atoms with Crippen molar-refractivity contribution in [1.82, 2.24) is 20.5 Å². The third-order valence-electron chi connectivity index (χ3n) is 4.14. The highest BCUT2D eigenvalue weighted by Crippen LogP contribution is 2.30. The molecule has 0 aliphatic heterocycles. The topological polar surface area (TPSA) is 67.8 Å². The first-order valence-corrected chi connectivity index (χ1v) is 10.0. The number of alkyl halides is 3. The van der Waals surface area contributed by atoms with E-state index in [0.717, 1.165) is 34.0 Å². The second kappa shape index (κ2) is 9.25. The van der Waals surface area contributed by atoms with Gasteiger partial charge in [-0.05, 0) is 13.8 Å². The van der Waals surface area contributed by atoms with Crippen molar-refractivity contribution in [1.29, 1.82) is 0 Å². The minimum Gasteiger partial charge on any atom is -0.346 e. The predicted octanol–water partition coefficient (Wildman–Crippen LogP) is 4.59. The van der Waals surface area contributed by atoms with Crippen molar-refractivity contribution in [3.05, 3.63) is 59.7 Å². The minimum absolute atomic E-state index is 0.212. The van der Waals surface area contributed by atoms with Crippen LogP contribution >= 0.6 is 11.8 Å². The first kappa shape index (κ1) is 21.8. The Morgan fingerprint density at radius 1 is 0.900 bits per heavy atom. The molecule has 0 unspecified atom stereocenters. The van der Waals surface area contributed by atoms with Crippen molar-refractivity contribution < 1.29 is 18.0 Å². The first-order chi connectivity index (χ1) is 14.2. The molecular formula is C21H19F3N4OS. The fourth-order valence-electron chi connectivity index (χ4n) is 2.57. The molecule has 30 heavy (non-hydrogen) atoms. The molecule has 1 amide bonds. The van der Waals surface area contributed by atoms with Gasteiger partial charge in [0.1, 0.15) is 17.9 Å². The van der Waals surface area contributed by atoms with Crippen LogP contribution in [-0.2, 0) is 4.79 Å². The van der Waals surface area contributed by atoms with Gasteiger partial charge in [0.25, 0.3) is 0 Å². The van der Waals surface area contributed by atoms with Gasteiger partial charge in [-0.25, -0.2) is 4.98 Å². The summed E-state index contributed by atoms with van der Waals surface area (Å²) >= 11 is 0.933. The van der Waals surface area contributed by atoms with Crippen LogP contribution in [0.1, 0.15) is 11.1 Å². The zero-order valence-corrected chi connectivity index (χ0v) is 17.1. The number of hydrogen-bond donors (Lipinski definition) is 1. The van der Waals surface area contributed by atoms with E-state index < -0.39 is 18.6 Å². The van der Waals surface area contributed by atoms with Crippen LogP contribution in [0.5, 0.6) is 0 Å². The van der Waals surface area contributed by atoms with E-state index in [0.29, 0.717) is 11.4 Å². The van der Waals surface area contributed by atoms with Crippen molar-refractivity contribution in [3.8, 4) is 22.5 Å². The third kappa shape index (κ3) is 6.03. The summed E-state index contributed by atoms with van der Waals surface area (Å²) in [5, 5.41) is 10.4. The zero-order valence-electron chi connectivity index (χ0n) is 16.3. The summed E-state index contributed by atoms with van der Waals surface area (Å²) in [5.41, 5.74) is 5.05. The quantitative estimate of drug-likeness (QED) is 0.577. The van der Waals surface area contributed by atoms with Crippen molar-refractivity contribution in [2.45, 2.75) is 25.2 Å². The van der Waals surface area contributed by atoms with Crippen LogP contribution in [-0.4, -0.2) is 39.6 Å². The number of halogens is 3. The molecule has 0 spiro atoms. The maximum Gasteiger partial charge on any atom is 0.405 e. The van der Waals surface area contributed by atoms with Crippen LogP contribution in [0.15, 0.2) is 53.7 Å². The molecule has 0 aliphatic carbocycles. The Hall–Kier alpha value is -2.94. The Kier molecular flexibility index (Phi) is 6.71. The third-order valence-corrected chi connectivity index (χ3v) is 4.97. The van der Waals surface area contributed by atoms with E-state index >= 15 is 0 Å². The second-order valence-electron chi connectivity index (χ2n) is 6.70. The fourth-order valence-corrected chi connectivity index (χ4v) is 3.19. The van der Waals surface area contributed by atoms with Gasteiger partial charge in [0, 0.05) is 11.1 Å². The molecule has 0 radical (unpaired) electrons. The summed E-state index contributed by atoms with van der Waals surface area (Å²) in [5.74, 6) is -0.991. The van der Waals surface area contributed by atoms with Crippen molar-refractivity contribution in [3.63, 3.8) is 0 Å². The molecular weight excluding hydrogens is 413 g/mol. The van der Waals surface area contributed by atoms with Gasteiger partial charge < -0.3 is 5.32 Å². The van der Waals surface area contributed by atoms with E-state index in [1.54, 1.807) is 0 Å². The Labute approximate surface area is 176 Å². The van der Waals surface area contributed by atoms with Crippen molar-refractivity contribution in [2.24, 2.45) is 0 Å². The lowest BCUT2D eigenvalue weighted by Crippen LogP contribution is -2.34. The molecule has 156 valence electrons. The Morgan fingerprint density at radius 3 is 1.97 bits per heavy atom. The summed E-state index contributed by atoms with van der Waals surface area (Å²) in [6.45, 7) is 2.59.